The first-order valence-corrected chi connectivity index (χ1v) is 8.63. The van der Waals surface area contributed by atoms with Crippen LogP contribution in [0, 0.1) is 0 Å². The highest BCUT2D eigenvalue weighted by molar-refractivity contribution is 5.95. The maximum absolute atomic E-state index is 12.2. The molecule has 26 heavy (non-hydrogen) atoms. The van der Waals surface area contributed by atoms with Crippen molar-refractivity contribution >= 4 is 24.0 Å². The fourth-order valence-electron chi connectivity index (χ4n) is 2.91. The standard InChI is InChI=1S/C20H24N2O3.ClH/c23-18-12-19(21-13-18)20(24)22-17-8-4-7-16(11-17)14-25-10-9-15-5-2-1-3-6-15;/h1-8,11,18-19,21,23H,9-10,12-14H2,(H,22,24);1H. The van der Waals surface area contributed by atoms with E-state index in [1.54, 1.807) is 0 Å². The van der Waals surface area contributed by atoms with E-state index in [9.17, 15) is 9.90 Å². The van der Waals surface area contributed by atoms with E-state index in [0.29, 0.717) is 26.2 Å². The number of anilines is 1. The molecule has 1 saturated heterocycles. The van der Waals surface area contributed by atoms with Crippen LogP contribution in [0.1, 0.15) is 17.5 Å². The van der Waals surface area contributed by atoms with Gasteiger partial charge in [-0.1, -0.05) is 42.5 Å². The molecule has 3 rings (SSSR count). The summed E-state index contributed by atoms with van der Waals surface area (Å²) in [6.45, 7) is 1.63. The Morgan fingerprint density at radius 2 is 1.92 bits per heavy atom. The number of halogens is 1. The van der Waals surface area contributed by atoms with Crippen LogP contribution < -0.4 is 10.6 Å². The van der Waals surface area contributed by atoms with E-state index in [1.165, 1.54) is 5.56 Å². The van der Waals surface area contributed by atoms with Gasteiger partial charge in [-0.25, -0.2) is 0 Å². The predicted molar refractivity (Wildman–Crippen MR) is 105 cm³/mol. The van der Waals surface area contributed by atoms with Gasteiger partial charge in [-0.15, -0.1) is 12.4 Å². The predicted octanol–water partition coefficient (Wildman–Crippen LogP) is 2.53. The highest BCUT2D eigenvalue weighted by atomic mass is 35.5. The average molecular weight is 377 g/mol. The van der Waals surface area contributed by atoms with Gasteiger partial charge in [0.25, 0.3) is 0 Å². The van der Waals surface area contributed by atoms with Gasteiger partial charge >= 0.3 is 0 Å². The second-order valence-electron chi connectivity index (χ2n) is 6.33. The Labute approximate surface area is 160 Å². The molecule has 0 spiro atoms. The number of aliphatic hydroxyl groups is 1. The summed E-state index contributed by atoms with van der Waals surface area (Å²) < 4.78 is 5.74. The van der Waals surface area contributed by atoms with Crippen LogP contribution in [-0.2, 0) is 22.6 Å². The van der Waals surface area contributed by atoms with Gasteiger partial charge in [-0.2, -0.15) is 0 Å². The topological polar surface area (TPSA) is 70.6 Å². The number of hydrogen-bond donors (Lipinski definition) is 3. The first kappa shape index (κ1) is 20.4. The van der Waals surface area contributed by atoms with Crippen molar-refractivity contribution in [3.8, 4) is 0 Å². The molecular weight excluding hydrogens is 352 g/mol. The van der Waals surface area contributed by atoms with Gasteiger partial charge in [0.05, 0.1) is 25.4 Å². The molecule has 140 valence electrons. The Morgan fingerprint density at radius 1 is 1.15 bits per heavy atom. The van der Waals surface area contributed by atoms with Gasteiger partial charge in [0.1, 0.15) is 0 Å². The lowest BCUT2D eigenvalue weighted by Crippen LogP contribution is -2.35. The fraction of sp³-hybridized carbons (Fsp3) is 0.350. The fourth-order valence-corrected chi connectivity index (χ4v) is 2.91. The van der Waals surface area contributed by atoms with Gasteiger partial charge in [-0.05, 0) is 36.1 Å². The summed E-state index contributed by atoms with van der Waals surface area (Å²) in [6.07, 6.45) is 0.890. The van der Waals surface area contributed by atoms with Crippen LogP contribution in [0.3, 0.4) is 0 Å². The summed E-state index contributed by atoms with van der Waals surface area (Å²) in [7, 11) is 0. The zero-order chi connectivity index (χ0) is 17.5. The molecule has 1 aliphatic heterocycles. The molecule has 0 aromatic heterocycles. The highest BCUT2D eigenvalue weighted by Gasteiger charge is 2.27. The second kappa shape index (κ2) is 10.3. The molecule has 3 N–H and O–H groups in total. The quantitative estimate of drug-likeness (QED) is 0.649. The first-order valence-electron chi connectivity index (χ1n) is 8.63. The van der Waals surface area contributed by atoms with Gasteiger partial charge in [-0.3, -0.25) is 4.79 Å². The minimum absolute atomic E-state index is 0. The zero-order valence-corrected chi connectivity index (χ0v) is 15.4. The summed E-state index contributed by atoms with van der Waals surface area (Å²) in [6, 6.07) is 17.6. The third-order valence-electron chi connectivity index (χ3n) is 4.27. The monoisotopic (exact) mass is 376 g/mol. The van der Waals surface area contributed by atoms with Crippen molar-refractivity contribution in [3.05, 3.63) is 65.7 Å². The number of rotatable bonds is 7. The molecule has 2 unspecified atom stereocenters. The smallest absolute Gasteiger partial charge is 0.241 e. The number of ether oxygens (including phenoxy) is 1. The maximum atomic E-state index is 12.2. The van der Waals surface area contributed by atoms with E-state index in [0.717, 1.165) is 17.7 Å². The van der Waals surface area contributed by atoms with Crippen LogP contribution in [0.15, 0.2) is 54.6 Å². The van der Waals surface area contributed by atoms with E-state index in [1.807, 2.05) is 42.5 Å². The van der Waals surface area contributed by atoms with Gasteiger partial charge in [0.2, 0.25) is 5.91 Å². The van der Waals surface area contributed by atoms with Crippen LogP contribution in [0.2, 0.25) is 0 Å². The Hall–Kier alpha value is -1.92. The van der Waals surface area contributed by atoms with Crippen molar-refractivity contribution in [2.24, 2.45) is 0 Å². The first-order chi connectivity index (χ1) is 12.2. The minimum Gasteiger partial charge on any atom is -0.392 e. The summed E-state index contributed by atoms with van der Waals surface area (Å²) in [5.74, 6) is -0.112. The largest absolute Gasteiger partial charge is 0.392 e. The van der Waals surface area contributed by atoms with E-state index in [-0.39, 0.29) is 24.4 Å². The molecule has 1 heterocycles. The molecule has 1 aliphatic rings. The third-order valence-corrected chi connectivity index (χ3v) is 4.27. The number of nitrogens with one attached hydrogen (secondary N) is 2. The van der Waals surface area contributed by atoms with Crippen molar-refractivity contribution in [3.63, 3.8) is 0 Å². The maximum Gasteiger partial charge on any atom is 0.241 e. The van der Waals surface area contributed by atoms with Gasteiger partial charge < -0.3 is 20.5 Å². The molecule has 5 nitrogen and oxygen atoms in total. The van der Waals surface area contributed by atoms with Crippen LogP contribution in [0.25, 0.3) is 0 Å². The summed E-state index contributed by atoms with van der Waals surface area (Å²) in [5.41, 5.74) is 3.03. The van der Waals surface area contributed by atoms with Crippen molar-refractivity contribution < 1.29 is 14.6 Å². The van der Waals surface area contributed by atoms with Crippen molar-refractivity contribution in [1.82, 2.24) is 5.32 Å². The van der Waals surface area contributed by atoms with Crippen LogP contribution >= 0.6 is 12.4 Å². The number of β-amino-alcohol motifs (C(OH)–C–C–N with tert-alkyl or cyclic N) is 1. The second-order valence-corrected chi connectivity index (χ2v) is 6.33. The molecule has 0 radical (unpaired) electrons. The normalized spacial score (nSPS) is 19.0. The number of hydrogen-bond acceptors (Lipinski definition) is 4. The molecule has 1 amide bonds. The molecular formula is C20H25ClN2O3. The lowest BCUT2D eigenvalue weighted by Gasteiger charge is -2.12. The lowest BCUT2D eigenvalue weighted by molar-refractivity contribution is -0.117. The van der Waals surface area contributed by atoms with Crippen molar-refractivity contribution in [2.75, 3.05) is 18.5 Å². The van der Waals surface area contributed by atoms with Crippen LogP contribution in [0.4, 0.5) is 5.69 Å². The highest BCUT2D eigenvalue weighted by Crippen LogP contribution is 2.14. The summed E-state index contributed by atoms with van der Waals surface area (Å²) in [5, 5.41) is 15.4. The molecule has 0 aliphatic carbocycles. The zero-order valence-electron chi connectivity index (χ0n) is 14.6. The van der Waals surface area contributed by atoms with Crippen LogP contribution in [-0.4, -0.2) is 36.3 Å². The number of benzene rings is 2. The Morgan fingerprint density at radius 3 is 2.65 bits per heavy atom. The Bertz CT molecular complexity index is 696. The van der Waals surface area contributed by atoms with Gasteiger partial charge in [0.15, 0.2) is 0 Å². The third kappa shape index (κ3) is 6.11. The summed E-state index contributed by atoms with van der Waals surface area (Å²) in [4.78, 5) is 12.2. The van der Waals surface area contributed by atoms with Crippen molar-refractivity contribution in [1.29, 1.82) is 0 Å². The number of aliphatic hydroxyl groups excluding tert-OH is 1. The van der Waals surface area contributed by atoms with E-state index < -0.39 is 6.10 Å². The molecule has 2 atom stereocenters. The van der Waals surface area contributed by atoms with E-state index >= 15 is 0 Å². The minimum atomic E-state index is -0.444. The van der Waals surface area contributed by atoms with Crippen LogP contribution in [0.5, 0.6) is 0 Å². The average Bonchev–Trinajstić information content (AvgIpc) is 3.07. The summed E-state index contributed by atoms with van der Waals surface area (Å²) >= 11 is 0. The molecule has 2 aromatic rings. The molecule has 0 saturated carbocycles. The SMILES string of the molecule is Cl.O=C(Nc1cccc(COCCc2ccccc2)c1)C1CC(O)CN1. The van der Waals surface area contributed by atoms with Crippen molar-refractivity contribution in [2.45, 2.75) is 31.6 Å². The molecule has 0 bridgehead atoms. The van der Waals surface area contributed by atoms with E-state index in [2.05, 4.69) is 22.8 Å². The molecule has 1 fully saturated rings. The molecule has 2 aromatic carbocycles. The lowest BCUT2D eigenvalue weighted by atomic mass is 10.1. The van der Waals surface area contributed by atoms with Gasteiger partial charge in [0, 0.05) is 12.2 Å². The Balaban J connectivity index is 0.00000243. The number of amides is 1. The van der Waals surface area contributed by atoms with E-state index in [4.69, 9.17) is 4.74 Å². The number of carbonyl (C=O) groups excluding carboxylic acids is 1. The molecule has 6 heteroatoms. The Kier molecular flexibility index (Phi) is 8.06. The number of carbonyl (C=O) groups is 1.